The molecule has 0 radical (unpaired) electrons. The van der Waals surface area contributed by atoms with Gasteiger partial charge in [-0.25, -0.2) is 0 Å². The Morgan fingerprint density at radius 3 is 2.80 bits per heavy atom. The van der Waals surface area contributed by atoms with E-state index in [9.17, 15) is 5.26 Å². The molecule has 1 heterocycles. The van der Waals surface area contributed by atoms with E-state index in [-0.39, 0.29) is 0 Å². The lowest BCUT2D eigenvalue weighted by atomic mass is 10.0. The Balaban J connectivity index is 2.69. The Labute approximate surface area is 127 Å². The normalized spacial score (nSPS) is 10.3. The Hall–Kier alpha value is -1.70. The summed E-state index contributed by atoms with van der Waals surface area (Å²) in [6, 6.07) is 7.62. The fourth-order valence-electron chi connectivity index (χ4n) is 2.13. The molecule has 0 amide bonds. The van der Waals surface area contributed by atoms with Crippen molar-refractivity contribution in [2.45, 2.75) is 19.8 Å². The van der Waals surface area contributed by atoms with Crippen LogP contribution in [-0.4, -0.2) is 7.11 Å². The molecule has 0 unspecified atom stereocenters. The molecule has 0 spiro atoms. The third-order valence-corrected chi connectivity index (χ3v) is 4.48. The summed E-state index contributed by atoms with van der Waals surface area (Å²) in [5.41, 5.74) is 8.56. The van der Waals surface area contributed by atoms with Crippen LogP contribution < -0.4 is 10.5 Å². The Kier molecular flexibility index (Phi) is 4.53. The van der Waals surface area contributed by atoms with E-state index in [4.69, 9.17) is 22.1 Å². The molecule has 0 saturated heterocycles. The number of hydrogen-bond acceptors (Lipinski definition) is 4. The number of nitrogen functional groups attached to an aromatic ring is 1. The second kappa shape index (κ2) is 6.17. The summed E-state index contributed by atoms with van der Waals surface area (Å²) in [6.45, 7) is 2.09. The van der Waals surface area contributed by atoms with Crippen molar-refractivity contribution in [3.63, 3.8) is 0 Å². The summed E-state index contributed by atoms with van der Waals surface area (Å²) in [7, 11) is 1.62. The van der Waals surface area contributed by atoms with Crippen LogP contribution in [0.1, 0.15) is 23.8 Å². The molecular weight excluding hydrogens is 292 g/mol. The molecule has 1 aromatic carbocycles. The number of anilines is 1. The van der Waals surface area contributed by atoms with Crippen LogP contribution in [0.4, 0.5) is 5.69 Å². The van der Waals surface area contributed by atoms with E-state index in [1.165, 1.54) is 11.3 Å². The molecule has 0 fully saturated rings. The van der Waals surface area contributed by atoms with Crippen molar-refractivity contribution in [2.75, 3.05) is 12.8 Å². The van der Waals surface area contributed by atoms with E-state index in [0.29, 0.717) is 15.6 Å². The van der Waals surface area contributed by atoms with Crippen LogP contribution in [0.5, 0.6) is 5.75 Å². The van der Waals surface area contributed by atoms with Gasteiger partial charge in [-0.3, -0.25) is 0 Å². The van der Waals surface area contributed by atoms with Gasteiger partial charge < -0.3 is 10.5 Å². The third-order valence-electron chi connectivity index (χ3n) is 3.06. The van der Waals surface area contributed by atoms with Gasteiger partial charge in [-0.1, -0.05) is 24.9 Å². The molecule has 0 saturated carbocycles. The first-order valence-corrected chi connectivity index (χ1v) is 7.47. The van der Waals surface area contributed by atoms with E-state index in [1.807, 2.05) is 12.1 Å². The number of benzene rings is 1. The summed E-state index contributed by atoms with van der Waals surface area (Å²) in [4.78, 5) is 1.52. The van der Waals surface area contributed by atoms with Crippen molar-refractivity contribution in [3.05, 3.63) is 33.7 Å². The van der Waals surface area contributed by atoms with Gasteiger partial charge in [-0.15, -0.1) is 11.3 Å². The Morgan fingerprint density at radius 2 is 2.20 bits per heavy atom. The highest BCUT2D eigenvalue weighted by Crippen LogP contribution is 2.43. The quantitative estimate of drug-likeness (QED) is 0.905. The topological polar surface area (TPSA) is 59.0 Å². The van der Waals surface area contributed by atoms with E-state index >= 15 is 0 Å². The summed E-state index contributed by atoms with van der Waals surface area (Å²) in [6.07, 6.45) is 1.79. The summed E-state index contributed by atoms with van der Waals surface area (Å²) in [5.74, 6) is 0.734. The molecule has 5 heteroatoms. The van der Waals surface area contributed by atoms with Gasteiger partial charge in [-0.05, 0) is 30.2 Å². The van der Waals surface area contributed by atoms with Crippen LogP contribution in [0.15, 0.2) is 18.2 Å². The molecule has 2 rings (SSSR count). The SMILES string of the molecule is CCCc1c(-c2cc(Cl)ccc2OC)sc(C#N)c1N. The Morgan fingerprint density at radius 1 is 1.45 bits per heavy atom. The van der Waals surface area contributed by atoms with Crippen molar-refractivity contribution >= 4 is 28.6 Å². The van der Waals surface area contributed by atoms with Crippen molar-refractivity contribution in [1.82, 2.24) is 0 Å². The molecule has 2 aromatic rings. The molecule has 20 heavy (non-hydrogen) atoms. The highest BCUT2D eigenvalue weighted by atomic mass is 35.5. The molecule has 2 N–H and O–H groups in total. The fraction of sp³-hybridized carbons (Fsp3) is 0.267. The van der Waals surface area contributed by atoms with Crippen molar-refractivity contribution < 1.29 is 4.74 Å². The maximum Gasteiger partial charge on any atom is 0.128 e. The number of nitrogens with two attached hydrogens (primary N) is 1. The summed E-state index contributed by atoms with van der Waals surface area (Å²) >= 11 is 7.48. The zero-order valence-electron chi connectivity index (χ0n) is 11.4. The number of halogens is 1. The number of nitriles is 1. The molecule has 104 valence electrons. The van der Waals surface area contributed by atoms with Crippen molar-refractivity contribution in [1.29, 1.82) is 5.26 Å². The molecule has 0 atom stereocenters. The number of methoxy groups -OCH3 is 1. The van der Waals surface area contributed by atoms with Gasteiger partial charge in [0.15, 0.2) is 0 Å². The average Bonchev–Trinajstić information content (AvgIpc) is 2.76. The van der Waals surface area contributed by atoms with Gasteiger partial charge in [-0.2, -0.15) is 5.26 Å². The standard InChI is InChI=1S/C15H15ClN2OS/c1-3-4-10-14(18)13(8-17)20-15(10)11-7-9(16)5-6-12(11)19-2/h5-7H,3-4,18H2,1-2H3. The fourth-order valence-corrected chi connectivity index (χ4v) is 3.39. The maximum atomic E-state index is 9.18. The third kappa shape index (κ3) is 2.60. The number of nitrogens with zero attached hydrogens (tertiary/aromatic N) is 1. The van der Waals surface area contributed by atoms with E-state index in [1.54, 1.807) is 13.2 Å². The van der Waals surface area contributed by atoms with Crippen molar-refractivity contribution in [2.24, 2.45) is 0 Å². The maximum absolute atomic E-state index is 9.18. The zero-order valence-corrected chi connectivity index (χ0v) is 12.9. The summed E-state index contributed by atoms with van der Waals surface area (Å²) in [5, 5.41) is 9.81. The zero-order chi connectivity index (χ0) is 14.7. The average molecular weight is 307 g/mol. The van der Waals surface area contributed by atoms with Gasteiger partial charge in [0, 0.05) is 15.5 Å². The minimum atomic E-state index is 0.547. The number of ether oxygens (including phenoxy) is 1. The van der Waals surface area contributed by atoms with Crippen molar-refractivity contribution in [3.8, 4) is 22.3 Å². The molecular formula is C15H15ClN2OS. The smallest absolute Gasteiger partial charge is 0.128 e. The van der Waals surface area contributed by atoms with Crippen LogP contribution in [0.25, 0.3) is 10.4 Å². The second-order valence-electron chi connectivity index (χ2n) is 4.36. The highest BCUT2D eigenvalue weighted by molar-refractivity contribution is 7.16. The van der Waals surface area contributed by atoms with E-state index < -0.39 is 0 Å². The molecule has 0 aliphatic heterocycles. The van der Waals surface area contributed by atoms with Gasteiger partial charge in [0.2, 0.25) is 0 Å². The summed E-state index contributed by atoms with van der Waals surface area (Å²) < 4.78 is 5.39. The first kappa shape index (κ1) is 14.7. The van der Waals surface area contributed by atoms with Crippen LogP contribution in [-0.2, 0) is 6.42 Å². The predicted molar refractivity (Wildman–Crippen MR) is 84.4 cm³/mol. The van der Waals surface area contributed by atoms with Gasteiger partial charge in [0.25, 0.3) is 0 Å². The number of hydrogen-bond donors (Lipinski definition) is 1. The van der Waals surface area contributed by atoms with Crippen LogP contribution >= 0.6 is 22.9 Å². The molecule has 3 nitrogen and oxygen atoms in total. The monoisotopic (exact) mass is 306 g/mol. The minimum absolute atomic E-state index is 0.547. The number of thiophene rings is 1. The Bertz CT molecular complexity index is 673. The first-order valence-electron chi connectivity index (χ1n) is 6.27. The molecule has 0 aliphatic rings. The van der Waals surface area contributed by atoms with Gasteiger partial charge >= 0.3 is 0 Å². The molecule has 1 aromatic heterocycles. The highest BCUT2D eigenvalue weighted by Gasteiger charge is 2.19. The molecule has 0 bridgehead atoms. The lowest BCUT2D eigenvalue weighted by Crippen LogP contribution is -1.94. The molecule has 0 aliphatic carbocycles. The van der Waals surface area contributed by atoms with Gasteiger partial charge in [0.05, 0.1) is 12.8 Å². The first-order chi connectivity index (χ1) is 9.62. The van der Waals surface area contributed by atoms with Crippen LogP contribution in [0.3, 0.4) is 0 Å². The second-order valence-corrected chi connectivity index (χ2v) is 5.82. The predicted octanol–water partition coefficient (Wildman–Crippen LogP) is 4.48. The largest absolute Gasteiger partial charge is 0.496 e. The lowest BCUT2D eigenvalue weighted by Gasteiger charge is -2.10. The van der Waals surface area contributed by atoms with E-state index in [2.05, 4.69) is 13.0 Å². The number of rotatable bonds is 4. The minimum Gasteiger partial charge on any atom is -0.496 e. The van der Waals surface area contributed by atoms with Gasteiger partial charge in [0.1, 0.15) is 16.7 Å². The lowest BCUT2D eigenvalue weighted by molar-refractivity contribution is 0.416. The van der Waals surface area contributed by atoms with Crippen LogP contribution in [0, 0.1) is 11.3 Å². The van der Waals surface area contributed by atoms with E-state index in [0.717, 1.165) is 34.6 Å². The van der Waals surface area contributed by atoms with Crippen LogP contribution in [0.2, 0.25) is 5.02 Å².